The van der Waals surface area contributed by atoms with Crippen LogP contribution in [0.25, 0.3) is 0 Å². The number of anilines is 1. The first-order valence-electron chi connectivity index (χ1n) is 8.05. The van der Waals surface area contributed by atoms with Crippen molar-refractivity contribution >= 4 is 39.9 Å². The van der Waals surface area contributed by atoms with E-state index in [2.05, 4.69) is 10.6 Å². The SMILES string of the molecule is CCN(CC)S(=O)(=O)c1cc(C)c(C)c(NC(=O)CNC(=O)CN)c1.Cl. The first-order valence-corrected chi connectivity index (χ1v) is 9.49. The Balaban J connectivity index is 0.00000625. The molecule has 1 aromatic carbocycles. The van der Waals surface area contributed by atoms with Crippen LogP contribution in [-0.2, 0) is 19.6 Å². The molecular formula is C16H27ClN4O4S. The normalized spacial score (nSPS) is 11.0. The number of nitrogens with zero attached hydrogens (tertiary/aromatic N) is 1. The quantitative estimate of drug-likeness (QED) is 0.588. The van der Waals surface area contributed by atoms with Crippen LogP contribution in [0, 0.1) is 13.8 Å². The number of amides is 2. The maximum atomic E-state index is 12.7. The summed E-state index contributed by atoms with van der Waals surface area (Å²) in [6, 6.07) is 3.04. The molecule has 0 bridgehead atoms. The molecule has 0 saturated carbocycles. The monoisotopic (exact) mass is 406 g/mol. The number of halogens is 1. The molecule has 0 aromatic heterocycles. The Labute approximate surface area is 161 Å². The number of hydrogen-bond donors (Lipinski definition) is 3. The molecule has 0 aliphatic heterocycles. The van der Waals surface area contributed by atoms with Crippen LogP contribution in [-0.4, -0.2) is 50.7 Å². The third-order valence-corrected chi connectivity index (χ3v) is 5.92. The van der Waals surface area contributed by atoms with Crippen molar-refractivity contribution in [3.63, 3.8) is 0 Å². The van der Waals surface area contributed by atoms with Gasteiger partial charge in [-0.15, -0.1) is 12.4 Å². The van der Waals surface area contributed by atoms with Crippen molar-refractivity contribution in [3.05, 3.63) is 23.3 Å². The molecule has 2 amide bonds. The number of carbonyl (C=O) groups excluding carboxylic acids is 2. The van der Waals surface area contributed by atoms with E-state index in [9.17, 15) is 18.0 Å². The molecule has 0 unspecified atom stereocenters. The molecular weight excluding hydrogens is 380 g/mol. The number of carbonyl (C=O) groups is 2. The fourth-order valence-electron chi connectivity index (χ4n) is 2.26. The summed E-state index contributed by atoms with van der Waals surface area (Å²) in [5.41, 5.74) is 7.07. The molecule has 0 heterocycles. The third kappa shape index (κ3) is 5.94. The fraction of sp³-hybridized carbons (Fsp3) is 0.500. The van der Waals surface area contributed by atoms with E-state index in [4.69, 9.17) is 5.73 Å². The zero-order chi connectivity index (χ0) is 19.2. The summed E-state index contributed by atoms with van der Waals surface area (Å²) in [5.74, 6) is -0.900. The smallest absolute Gasteiger partial charge is 0.243 e. The van der Waals surface area contributed by atoms with Gasteiger partial charge in [0.25, 0.3) is 0 Å². The topological polar surface area (TPSA) is 122 Å². The Bertz CT molecular complexity index is 749. The van der Waals surface area contributed by atoms with E-state index in [1.165, 1.54) is 10.4 Å². The number of benzene rings is 1. The van der Waals surface area contributed by atoms with Gasteiger partial charge in [0.1, 0.15) is 0 Å². The highest BCUT2D eigenvalue weighted by Crippen LogP contribution is 2.26. The van der Waals surface area contributed by atoms with Gasteiger partial charge in [-0.25, -0.2) is 8.42 Å². The lowest BCUT2D eigenvalue weighted by atomic mass is 10.1. The Kier molecular flexibility index (Phi) is 9.79. The van der Waals surface area contributed by atoms with Gasteiger partial charge in [0.15, 0.2) is 0 Å². The molecule has 0 spiro atoms. The number of hydrogen-bond acceptors (Lipinski definition) is 5. The lowest BCUT2D eigenvalue weighted by Gasteiger charge is -2.20. The second kappa shape index (κ2) is 10.5. The average molecular weight is 407 g/mol. The zero-order valence-corrected chi connectivity index (χ0v) is 17.1. The number of aryl methyl sites for hydroxylation is 1. The van der Waals surface area contributed by atoms with Crippen LogP contribution in [0.3, 0.4) is 0 Å². The first kappa shape index (κ1) is 24.3. The number of rotatable bonds is 8. The number of nitrogens with one attached hydrogen (secondary N) is 2. The lowest BCUT2D eigenvalue weighted by Crippen LogP contribution is -2.36. The first-order chi connectivity index (χ1) is 11.7. The van der Waals surface area contributed by atoms with Crippen LogP contribution >= 0.6 is 12.4 Å². The van der Waals surface area contributed by atoms with E-state index in [-0.39, 0.29) is 30.4 Å². The van der Waals surface area contributed by atoms with Gasteiger partial charge in [-0.05, 0) is 37.1 Å². The second-order valence-electron chi connectivity index (χ2n) is 5.53. The molecule has 0 saturated heterocycles. The molecule has 0 radical (unpaired) electrons. The van der Waals surface area contributed by atoms with Gasteiger partial charge in [-0.1, -0.05) is 13.8 Å². The molecule has 0 aliphatic rings. The van der Waals surface area contributed by atoms with Crippen molar-refractivity contribution in [1.29, 1.82) is 0 Å². The Morgan fingerprint density at radius 2 is 1.69 bits per heavy atom. The molecule has 10 heteroatoms. The highest BCUT2D eigenvalue weighted by atomic mass is 35.5. The van der Waals surface area contributed by atoms with Gasteiger partial charge >= 0.3 is 0 Å². The molecule has 1 rings (SSSR count). The van der Waals surface area contributed by atoms with Crippen LogP contribution in [0.2, 0.25) is 0 Å². The molecule has 8 nitrogen and oxygen atoms in total. The van der Waals surface area contributed by atoms with Crippen LogP contribution in [0.1, 0.15) is 25.0 Å². The Morgan fingerprint density at radius 3 is 2.19 bits per heavy atom. The summed E-state index contributed by atoms with van der Waals surface area (Å²) in [5, 5.41) is 5.01. The predicted molar refractivity (Wildman–Crippen MR) is 104 cm³/mol. The summed E-state index contributed by atoms with van der Waals surface area (Å²) >= 11 is 0. The van der Waals surface area contributed by atoms with Crippen LogP contribution in [0.4, 0.5) is 5.69 Å². The molecule has 1 aromatic rings. The average Bonchev–Trinajstić information content (AvgIpc) is 2.57. The van der Waals surface area contributed by atoms with E-state index in [0.717, 1.165) is 11.1 Å². The van der Waals surface area contributed by atoms with Gasteiger partial charge in [0.05, 0.1) is 18.0 Å². The third-order valence-electron chi connectivity index (χ3n) is 3.89. The minimum Gasteiger partial charge on any atom is -0.346 e. The summed E-state index contributed by atoms with van der Waals surface area (Å²) in [4.78, 5) is 23.2. The minimum atomic E-state index is -3.63. The Morgan fingerprint density at radius 1 is 1.12 bits per heavy atom. The highest BCUT2D eigenvalue weighted by Gasteiger charge is 2.23. The Hall–Kier alpha value is -1.68. The van der Waals surface area contributed by atoms with Gasteiger partial charge in [0.2, 0.25) is 21.8 Å². The zero-order valence-electron chi connectivity index (χ0n) is 15.5. The minimum absolute atomic E-state index is 0. The van der Waals surface area contributed by atoms with E-state index >= 15 is 0 Å². The van der Waals surface area contributed by atoms with Crippen molar-refractivity contribution in [1.82, 2.24) is 9.62 Å². The standard InChI is InChI=1S/C16H26N4O4S.ClH/c1-5-20(6-2)25(23,24)13-7-11(3)12(4)14(8-13)19-16(22)10-18-15(21)9-17;/h7-8H,5-6,9-10,17H2,1-4H3,(H,18,21)(H,19,22);1H. The van der Waals surface area contributed by atoms with Crippen molar-refractivity contribution in [3.8, 4) is 0 Å². The van der Waals surface area contributed by atoms with Gasteiger partial charge in [0, 0.05) is 18.8 Å². The lowest BCUT2D eigenvalue weighted by molar-refractivity contribution is -0.123. The molecule has 0 aliphatic carbocycles. The van der Waals surface area contributed by atoms with E-state index in [0.29, 0.717) is 18.8 Å². The van der Waals surface area contributed by atoms with Gasteiger partial charge in [-0.3, -0.25) is 9.59 Å². The molecule has 4 N–H and O–H groups in total. The van der Waals surface area contributed by atoms with Crippen LogP contribution < -0.4 is 16.4 Å². The summed E-state index contributed by atoms with van der Waals surface area (Å²) in [6.07, 6.45) is 0. The second-order valence-corrected chi connectivity index (χ2v) is 7.47. The number of sulfonamides is 1. The van der Waals surface area contributed by atoms with Crippen molar-refractivity contribution < 1.29 is 18.0 Å². The van der Waals surface area contributed by atoms with Gasteiger partial charge in [-0.2, -0.15) is 4.31 Å². The predicted octanol–water partition coefficient (Wildman–Crippen LogP) is 0.769. The molecule has 26 heavy (non-hydrogen) atoms. The van der Waals surface area contributed by atoms with Crippen LogP contribution in [0.15, 0.2) is 17.0 Å². The highest BCUT2D eigenvalue weighted by molar-refractivity contribution is 7.89. The van der Waals surface area contributed by atoms with E-state index < -0.39 is 21.8 Å². The summed E-state index contributed by atoms with van der Waals surface area (Å²) in [6.45, 7) is 7.39. The van der Waals surface area contributed by atoms with Crippen molar-refractivity contribution in [2.24, 2.45) is 5.73 Å². The molecule has 148 valence electrons. The van der Waals surface area contributed by atoms with Crippen molar-refractivity contribution in [2.75, 3.05) is 31.5 Å². The fourth-order valence-corrected chi connectivity index (χ4v) is 3.83. The van der Waals surface area contributed by atoms with E-state index in [1.807, 2.05) is 0 Å². The van der Waals surface area contributed by atoms with E-state index in [1.54, 1.807) is 33.8 Å². The largest absolute Gasteiger partial charge is 0.346 e. The molecule has 0 atom stereocenters. The summed E-state index contributed by atoms with van der Waals surface area (Å²) < 4.78 is 26.7. The van der Waals surface area contributed by atoms with Gasteiger partial charge < -0.3 is 16.4 Å². The summed E-state index contributed by atoms with van der Waals surface area (Å²) in [7, 11) is -3.63. The van der Waals surface area contributed by atoms with Crippen molar-refractivity contribution in [2.45, 2.75) is 32.6 Å². The van der Waals surface area contributed by atoms with Crippen LogP contribution in [0.5, 0.6) is 0 Å². The molecule has 0 fully saturated rings. The maximum absolute atomic E-state index is 12.7. The maximum Gasteiger partial charge on any atom is 0.243 e. The number of nitrogens with two attached hydrogens (primary N) is 1.